The van der Waals surface area contributed by atoms with E-state index < -0.39 is 16.9 Å². The first-order valence-corrected chi connectivity index (χ1v) is 5.13. The van der Waals surface area contributed by atoms with Gasteiger partial charge >= 0.3 is 0 Å². The average molecular weight is 238 g/mol. The summed E-state index contributed by atoms with van der Waals surface area (Å²) in [4.78, 5) is 22.0. The molecule has 1 aromatic rings. The highest BCUT2D eigenvalue weighted by atomic mass is 16.6. The van der Waals surface area contributed by atoms with Crippen LogP contribution in [0.15, 0.2) is 18.2 Å². The molecule has 0 radical (unpaired) electrons. The summed E-state index contributed by atoms with van der Waals surface area (Å²) >= 11 is 0. The second kappa shape index (κ2) is 5.40. The molecule has 0 saturated heterocycles. The lowest BCUT2D eigenvalue weighted by molar-refractivity contribution is -0.385. The third-order valence-electron chi connectivity index (χ3n) is 2.22. The van der Waals surface area contributed by atoms with E-state index in [1.54, 1.807) is 19.1 Å². The number of aryl methyl sites for hydroxylation is 1. The number of para-hydroxylation sites is 1. The molecule has 1 aromatic carbocycles. The van der Waals surface area contributed by atoms with E-state index in [4.69, 9.17) is 5.11 Å². The summed E-state index contributed by atoms with van der Waals surface area (Å²) in [5.74, 6) is -0.554. The van der Waals surface area contributed by atoms with Crippen molar-refractivity contribution >= 4 is 11.6 Å². The highest BCUT2D eigenvalue weighted by Crippen LogP contribution is 2.22. The number of carbonyl (C=O) groups is 1. The zero-order valence-electron chi connectivity index (χ0n) is 9.64. The summed E-state index contributed by atoms with van der Waals surface area (Å²) in [6.45, 7) is 3.15. The maximum Gasteiger partial charge on any atom is 0.285 e. The average Bonchev–Trinajstić information content (AvgIpc) is 2.24. The van der Waals surface area contributed by atoms with Crippen LogP contribution in [0.25, 0.3) is 0 Å². The lowest BCUT2D eigenvalue weighted by Gasteiger charge is -2.08. The van der Waals surface area contributed by atoms with Crippen LogP contribution in [0.2, 0.25) is 0 Å². The number of nitro groups is 1. The molecule has 1 rings (SSSR count). The number of carbonyl (C=O) groups excluding carboxylic acids is 1. The first-order chi connectivity index (χ1) is 7.93. The number of hydrogen-bond acceptors (Lipinski definition) is 4. The van der Waals surface area contributed by atoms with Gasteiger partial charge in [-0.3, -0.25) is 14.9 Å². The van der Waals surface area contributed by atoms with E-state index in [1.165, 1.54) is 13.0 Å². The van der Waals surface area contributed by atoms with Gasteiger partial charge in [0.05, 0.1) is 11.0 Å². The molecule has 0 spiro atoms. The second-order valence-corrected chi connectivity index (χ2v) is 3.79. The monoisotopic (exact) mass is 238 g/mol. The molecule has 0 aliphatic heterocycles. The summed E-state index contributed by atoms with van der Waals surface area (Å²) in [5.41, 5.74) is 0.242. The van der Waals surface area contributed by atoms with Crippen LogP contribution in [0.4, 0.5) is 5.69 Å². The van der Waals surface area contributed by atoms with Gasteiger partial charge in [-0.2, -0.15) is 0 Å². The lowest BCUT2D eigenvalue weighted by Crippen LogP contribution is -2.31. The fraction of sp³-hybridized carbons (Fsp3) is 0.364. The number of aliphatic hydroxyl groups excluding tert-OH is 1. The van der Waals surface area contributed by atoms with Gasteiger partial charge in [-0.05, 0) is 19.9 Å². The van der Waals surface area contributed by atoms with Gasteiger partial charge in [-0.15, -0.1) is 0 Å². The molecule has 0 saturated carbocycles. The van der Waals surface area contributed by atoms with Crippen LogP contribution in [0.5, 0.6) is 0 Å². The third-order valence-corrected chi connectivity index (χ3v) is 2.22. The Morgan fingerprint density at radius 2 is 2.24 bits per heavy atom. The van der Waals surface area contributed by atoms with Gasteiger partial charge in [0.1, 0.15) is 5.56 Å². The first-order valence-electron chi connectivity index (χ1n) is 5.13. The molecule has 1 amide bonds. The number of nitrogens with zero attached hydrogens (tertiary/aromatic N) is 1. The molecule has 92 valence electrons. The molecule has 6 heteroatoms. The summed E-state index contributed by atoms with van der Waals surface area (Å²) in [7, 11) is 0. The van der Waals surface area contributed by atoms with Crippen molar-refractivity contribution in [3.05, 3.63) is 39.4 Å². The lowest BCUT2D eigenvalue weighted by atomic mass is 10.1. The maximum absolute atomic E-state index is 11.7. The Kier molecular flexibility index (Phi) is 4.17. The van der Waals surface area contributed by atoms with Gasteiger partial charge < -0.3 is 10.4 Å². The van der Waals surface area contributed by atoms with Crippen molar-refractivity contribution in [3.8, 4) is 0 Å². The zero-order valence-corrected chi connectivity index (χ0v) is 9.64. The Morgan fingerprint density at radius 1 is 1.59 bits per heavy atom. The van der Waals surface area contributed by atoms with Crippen LogP contribution in [0.1, 0.15) is 22.8 Å². The van der Waals surface area contributed by atoms with E-state index in [-0.39, 0.29) is 17.8 Å². The van der Waals surface area contributed by atoms with Gasteiger partial charge in [-0.25, -0.2) is 0 Å². The van der Waals surface area contributed by atoms with Crippen molar-refractivity contribution in [2.75, 3.05) is 6.54 Å². The SMILES string of the molecule is Cc1cccc(C(=O)NC[C@H](C)O)c1[N+](=O)[O-]. The standard InChI is InChI=1S/C11H14N2O4/c1-7-4-3-5-9(10(7)13(16)17)11(15)12-6-8(2)14/h3-5,8,14H,6H2,1-2H3,(H,12,15)/t8-/m0/s1. The van der Waals surface area contributed by atoms with Gasteiger partial charge in [0, 0.05) is 12.1 Å². The largest absolute Gasteiger partial charge is 0.392 e. The molecule has 0 unspecified atom stereocenters. The summed E-state index contributed by atoms with van der Waals surface area (Å²) in [5, 5.41) is 22.3. The summed E-state index contributed by atoms with van der Waals surface area (Å²) in [6.07, 6.45) is -0.692. The van der Waals surface area contributed by atoms with E-state index in [2.05, 4.69) is 5.32 Å². The molecule has 6 nitrogen and oxygen atoms in total. The molecule has 0 aliphatic carbocycles. The van der Waals surface area contributed by atoms with E-state index in [0.717, 1.165) is 0 Å². The summed E-state index contributed by atoms with van der Waals surface area (Å²) in [6, 6.07) is 4.55. The molecular weight excluding hydrogens is 224 g/mol. The fourth-order valence-corrected chi connectivity index (χ4v) is 1.42. The number of amides is 1. The summed E-state index contributed by atoms with van der Waals surface area (Å²) < 4.78 is 0. The van der Waals surface area contributed by atoms with E-state index in [1.807, 2.05) is 0 Å². The fourth-order valence-electron chi connectivity index (χ4n) is 1.42. The smallest absolute Gasteiger partial charge is 0.285 e. The Labute approximate surface area is 98.4 Å². The molecule has 0 heterocycles. The minimum absolute atomic E-state index is 0.00986. The van der Waals surface area contributed by atoms with Crippen molar-refractivity contribution in [1.82, 2.24) is 5.32 Å². The zero-order chi connectivity index (χ0) is 13.0. The minimum Gasteiger partial charge on any atom is -0.392 e. The predicted molar refractivity (Wildman–Crippen MR) is 61.8 cm³/mol. The number of benzene rings is 1. The molecule has 17 heavy (non-hydrogen) atoms. The minimum atomic E-state index is -0.692. The van der Waals surface area contributed by atoms with Crippen LogP contribution in [-0.4, -0.2) is 28.6 Å². The number of rotatable bonds is 4. The Bertz CT molecular complexity index is 443. The molecule has 0 aliphatic rings. The first kappa shape index (κ1) is 13.1. The highest BCUT2D eigenvalue weighted by molar-refractivity contribution is 5.98. The normalized spacial score (nSPS) is 11.9. The van der Waals surface area contributed by atoms with Crippen LogP contribution >= 0.6 is 0 Å². The number of nitro benzene ring substituents is 1. The second-order valence-electron chi connectivity index (χ2n) is 3.79. The van der Waals surface area contributed by atoms with E-state index in [0.29, 0.717) is 5.56 Å². The highest BCUT2D eigenvalue weighted by Gasteiger charge is 2.22. The quantitative estimate of drug-likeness (QED) is 0.605. The van der Waals surface area contributed by atoms with Crippen LogP contribution in [-0.2, 0) is 0 Å². The van der Waals surface area contributed by atoms with Gasteiger partial charge in [0.15, 0.2) is 0 Å². The molecule has 0 fully saturated rings. The van der Waals surface area contributed by atoms with Gasteiger partial charge in [0.2, 0.25) is 0 Å². The maximum atomic E-state index is 11.7. The molecule has 1 atom stereocenters. The van der Waals surface area contributed by atoms with Crippen LogP contribution < -0.4 is 5.32 Å². The number of aliphatic hydroxyl groups is 1. The Morgan fingerprint density at radius 3 is 2.76 bits per heavy atom. The molecular formula is C11H14N2O4. The van der Waals surface area contributed by atoms with Crippen molar-refractivity contribution in [1.29, 1.82) is 0 Å². The molecule has 0 aromatic heterocycles. The van der Waals surface area contributed by atoms with Crippen molar-refractivity contribution in [2.24, 2.45) is 0 Å². The van der Waals surface area contributed by atoms with Crippen molar-refractivity contribution in [2.45, 2.75) is 20.0 Å². The van der Waals surface area contributed by atoms with Crippen LogP contribution in [0.3, 0.4) is 0 Å². The van der Waals surface area contributed by atoms with Crippen molar-refractivity contribution in [3.63, 3.8) is 0 Å². The molecule has 0 bridgehead atoms. The van der Waals surface area contributed by atoms with E-state index in [9.17, 15) is 14.9 Å². The topological polar surface area (TPSA) is 92.5 Å². The van der Waals surface area contributed by atoms with Crippen LogP contribution in [0, 0.1) is 17.0 Å². The van der Waals surface area contributed by atoms with Crippen molar-refractivity contribution < 1.29 is 14.8 Å². The Hall–Kier alpha value is -1.95. The Balaban J connectivity index is 3.01. The van der Waals surface area contributed by atoms with E-state index >= 15 is 0 Å². The molecule has 2 N–H and O–H groups in total. The number of nitrogens with one attached hydrogen (secondary N) is 1. The predicted octanol–water partition coefficient (Wildman–Crippen LogP) is 1.01. The van der Waals surface area contributed by atoms with Gasteiger partial charge in [0.25, 0.3) is 11.6 Å². The van der Waals surface area contributed by atoms with Gasteiger partial charge in [-0.1, -0.05) is 12.1 Å². The number of hydrogen-bond donors (Lipinski definition) is 2. The third kappa shape index (κ3) is 3.25.